The van der Waals surface area contributed by atoms with Crippen LogP contribution in [0.2, 0.25) is 0 Å². The van der Waals surface area contributed by atoms with E-state index in [-0.39, 0.29) is 12.5 Å². The second-order valence-electron chi connectivity index (χ2n) is 4.83. The first kappa shape index (κ1) is 15.4. The van der Waals surface area contributed by atoms with Crippen molar-refractivity contribution in [1.29, 1.82) is 0 Å². The van der Waals surface area contributed by atoms with E-state index < -0.39 is 0 Å². The van der Waals surface area contributed by atoms with Crippen LogP contribution in [0.3, 0.4) is 0 Å². The lowest BCUT2D eigenvalue weighted by atomic mass is 10.1. The zero-order chi connectivity index (χ0) is 15.4. The van der Waals surface area contributed by atoms with Gasteiger partial charge in [0, 0.05) is 15.8 Å². The lowest BCUT2D eigenvalue weighted by molar-refractivity contribution is -0.118. The molecule has 2 rings (SSSR count). The topological polar surface area (TPSA) is 64.3 Å². The smallest absolute Gasteiger partial charge is 0.262 e. The highest BCUT2D eigenvalue weighted by molar-refractivity contribution is 9.10. The van der Waals surface area contributed by atoms with Gasteiger partial charge in [-0.3, -0.25) is 4.79 Å². The van der Waals surface area contributed by atoms with Gasteiger partial charge in [0.05, 0.1) is 0 Å². The summed E-state index contributed by atoms with van der Waals surface area (Å²) in [6.45, 7) is 3.78. The monoisotopic (exact) mass is 348 g/mol. The van der Waals surface area contributed by atoms with Crippen molar-refractivity contribution in [1.82, 2.24) is 0 Å². The fraction of sp³-hybridized carbons (Fsp3) is 0.188. The summed E-state index contributed by atoms with van der Waals surface area (Å²) in [7, 11) is 0. The summed E-state index contributed by atoms with van der Waals surface area (Å²) in [5.41, 5.74) is 9.03. The molecule has 0 fully saturated rings. The van der Waals surface area contributed by atoms with Crippen molar-refractivity contribution in [2.45, 2.75) is 13.8 Å². The second kappa shape index (κ2) is 6.63. The molecular weight excluding hydrogens is 332 g/mol. The van der Waals surface area contributed by atoms with Crippen molar-refractivity contribution in [3.8, 4) is 5.75 Å². The Labute approximate surface area is 132 Å². The number of hydrogen-bond acceptors (Lipinski definition) is 3. The van der Waals surface area contributed by atoms with E-state index in [2.05, 4.69) is 21.2 Å². The third kappa shape index (κ3) is 4.23. The van der Waals surface area contributed by atoms with Crippen LogP contribution in [0.4, 0.5) is 11.4 Å². The molecule has 2 aromatic rings. The molecule has 21 heavy (non-hydrogen) atoms. The number of carbonyl (C=O) groups excluding carboxylic acids is 1. The summed E-state index contributed by atoms with van der Waals surface area (Å²) in [5, 5.41) is 2.78. The number of ether oxygens (including phenoxy) is 1. The summed E-state index contributed by atoms with van der Waals surface area (Å²) in [5.74, 6) is 0.503. The quantitative estimate of drug-likeness (QED) is 0.828. The fourth-order valence-electron chi connectivity index (χ4n) is 2.08. The van der Waals surface area contributed by atoms with Gasteiger partial charge in [0.25, 0.3) is 5.91 Å². The van der Waals surface area contributed by atoms with Crippen LogP contribution in [0, 0.1) is 13.8 Å². The molecule has 3 N–H and O–H groups in total. The predicted molar refractivity (Wildman–Crippen MR) is 88.6 cm³/mol. The number of aryl methyl sites for hydroxylation is 2. The normalized spacial score (nSPS) is 10.2. The number of amides is 1. The van der Waals surface area contributed by atoms with Crippen molar-refractivity contribution in [3.63, 3.8) is 0 Å². The van der Waals surface area contributed by atoms with Crippen LogP contribution in [0.15, 0.2) is 40.9 Å². The first-order valence-electron chi connectivity index (χ1n) is 6.50. The Morgan fingerprint density at radius 1 is 1.19 bits per heavy atom. The van der Waals surface area contributed by atoms with Gasteiger partial charge in [0.15, 0.2) is 6.61 Å². The van der Waals surface area contributed by atoms with Crippen molar-refractivity contribution in [3.05, 3.63) is 52.0 Å². The van der Waals surface area contributed by atoms with Crippen LogP contribution >= 0.6 is 15.9 Å². The van der Waals surface area contributed by atoms with Gasteiger partial charge in [0.1, 0.15) is 5.75 Å². The molecule has 0 aliphatic rings. The molecule has 0 saturated heterocycles. The standard InChI is InChI=1S/C16H17BrN2O2/c1-10-7-13(18)8-11(2)16(10)21-9-15(20)19-14-5-3-12(17)4-6-14/h3-8H,9,18H2,1-2H3,(H,19,20). The number of rotatable bonds is 4. The van der Waals surface area contributed by atoms with E-state index in [4.69, 9.17) is 10.5 Å². The largest absolute Gasteiger partial charge is 0.483 e. The molecular formula is C16H17BrN2O2. The van der Waals surface area contributed by atoms with Gasteiger partial charge in [-0.25, -0.2) is 0 Å². The third-order valence-electron chi connectivity index (χ3n) is 2.96. The number of nitrogens with two attached hydrogens (primary N) is 1. The molecule has 5 heteroatoms. The van der Waals surface area contributed by atoms with Crippen LogP contribution in [0.25, 0.3) is 0 Å². The first-order chi connectivity index (χ1) is 9.95. The van der Waals surface area contributed by atoms with Crippen molar-refractivity contribution < 1.29 is 9.53 Å². The molecule has 0 saturated carbocycles. The maximum Gasteiger partial charge on any atom is 0.262 e. The summed E-state index contributed by atoms with van der Waals surface area (Å²) in [4.78, 5) is 11.9. The molecule has 110 valence electrons. The van der Waals surface area contributed by atoms with Crippen LogP contribution in [0.5, 0.6) is 5.75 Å². The van der Waals surface area contributed by atoms with E-state index in [0.717, 1.165) is 21.3 Å². The zero-order valence-corrected chi connectivity index (χ0v) is 13.5. The highest BCUT2D eigenvalue weighted by Gasteiger charge is 2.08. The number of halogens is 1. The Morgan fingerprint density at radius 2 is 1.76 bits per heavy atom. The minimum absolute atomic E-state index is 0.0400. The van der Waals surface area contributed by atoms with Gasteiger partial charge in [-0.05, 0) is 61.4 Å². The molecule has 0 unspecified atom stereocenters. The molecule has 0 aliphatic carbocycles. The van der Waals surface area contributed by atoms with Gasteiger partial charge in [-0.2, -0.15) is 0 Å². The van der Waals surface area contributed by atoms with E-state index >= 15 is 0 Å². The van der Waals surface area contributed by atoms with Crippen LogP contribution in [0.1, 0.15) is 11.1 Å². The Morgan fingerprint density at radius 3 is 2.33 bits per heavy atom. The fourth-order valence-corrected chi connectivity index (χ4v) is 2.34. The van der Waals surface area contributed by atoms with E-state index in [1.54, 1.807) is 0 Å². The number of benzene rings is 2. The molecule has 4 nitrogen and oxygen atoms in total. The number of nitrogens with one attached hydrogen (secondary N) is 1. The van der Waals surface area contributed by atoms with Crippen LogP contribution < -0.4 is 15.8 Å². The lowest BCUT2D eigenvalue weighted by Crippen LogP contribution is -2.20. The summed E-state index contributed by atoms with van der Waals surface area (Å²) >= 11 is 3.35. The Bertz CT molecular complexity index is 631. The van der Waals surface area contributed by atoms with Gasteiger partial charge in [0.2, 0.25) is 0 Å². The highest BCUT2D eigenvalue weighted by atomic mass is 79.9. The summed E-state index contributed by atoms with van der Waals surface area (Å²) in [6.07, 6.45) is 0. The summed E-state index contributed by atoms with van der Waals surface area (Å²) in [6, 6.07) is 11.0. The SMILES string of the molecule is Cc1cc(N)cc(C)c1OCC(=O)Nc1ccc(Br)cc1. The number of nitrogen functional groups attached to an aromatic ring is 1. The molecule has 2 aromatic carbocycles. The van der Waals surface area contributed by atoms with E-state index in [9.17, 15) is 4.79 Å². The third-order valence-corrected chi connectivity index (χ3v) is 3.49. The van der Waals surface area contributed by atoms with Gasteiger partial charge >= 0.3 is 0 Å². The Hall–Kier alpha value is -2.01. The molecule has 1 amide bonds. The number of anilines is 2. The molecule has 0 radical (unpaired) electrons. The minimum atomic E-state index is -0.201. The van der Waals surface area contributed by atoms with Gasteiger partial charge in [-0.1, -0.05) is 15.9 Å². The van der Waals surface area contributed by atoms with Gasteiger partial charge < -0.3 is 15.8 Å². The van der Waals surface area contributed by atoms with E-state index in [1.165, 1.54) is 0 Å². The van der Waals surface area contributed by atoms with Gasteiger partial charge in [-0.15, -0.1) is 0 Å². The highest BCUT2D eigenvalue weighted by Crippen LogP contribution is 2.25. The maximum atomic E-state index is 11.9. The summed E-state index contributed by atoms with van der Waals surface area (Å²) < 4.78 is 6.57. The zero-order valence-electron chi connectivity index (χ0n) is 11.9. The number of carbonyl (C=O) groups is 1. The first-order valence-corrected chi connectivity index (χ1v) is 7.30. The predicted octanol–water partition coefficient (Wildman–Crippen LogP) is 3.67. The molecule has 0 spiro atoms. The van der Waals surface area contributed by atoms with Crippen molar-refractivity contribution in [2.75, 3.05) is 17.7 Å². The minimum Gasteiger partial charge on any atom is -0.483 e. The average molecular weight is 349 g/mol. The molecule has 0 bridgehead atoms. The Kier molecular flexibility index (Phi) is 4.85. The second-order valence-corrected chi connectivity index (χ2v) is 5.74. The van der Waals surface area contributed by atoms with Crippen LogP contribution in [-0.4, -0.2) is 12.5 Å². The maximum absolute atomic E-state index is 11.9. The Balaban J connectivity index is 1.97. The molecule has 0 heterocycles. The average Bonchev–Trinajstić information content (AvgIpc) is 2.40. The molecule has 0 atom stereocenters. The van der Waals surface area contributed by atoms with Crippen LogP contribution in [-0.2, 0) is 4.79 Å². The molecule has 0 aromatic heterocycles. The van der Waals surface area contributed by atoms with Crippen molar-refractivity contribution >= 4 is 33.2 Å². The number of hydrogen-bond donors (Lipinski definition) is 2. The lowest BCUT2D eigenvalue weighted by Gasteiger charge is -2.13. The van der Waals surface area contributed by atoms with E-state index in [0.29, 0.717) is 11.4 Å². The molecule has 0 aliphatic heterocycles. The van der Waals surface area contributed by atoms with E-state index in [1.807, 2.05) is 50.2 Å². The van der Waals surface area contributed by atoms with Crippen molar-refractivity contribution in [2.24, 2.45) is 0 Å².